The minimum Gasteiger partial charge on any atom is -0.493 e. The molecular formula is C9H12FNO. The van der Waals surface area contributed by atoms with Gasteiger partial charge in [-0.3, -0.25) is 0 Å². The zero-order chi connectivity index (χ0) is 8.97. The quantitative estimate of drug-likeness (QED) is 0.704. The van der Waals surface area contributed by atoms with Crippen LogP contribution in [0.25, 0.3) is 0 Å². The van der Waals surface area contributed by atoms with Crippen LogP contribution < -0.4 is 10.5 Å². The summed E-state index contributed by atoms with van der Waals surface area (Å²) in [5.74, 6) is 0.104. The number of nitrogen functional groups attached to an aromatic ring is 1. The van der Waals surface area contributed by atoms with Crippen LogP contribution in [0.5, 0.6) is 5.75 Å². The van der Waals surface area contributed by atoms with Gasteiger partial charge in [-0.05, 0) is 18.6 Å². The highest BCUT2D eigenvalue weighted by Gasteiger charge is 1.99. The van der Waals surface area contributed by atoms with Crippen LogP contribution >= 0.6 is 0 Å². The second-order valence-corrected chi connectivity index (χ2v) is 2.53. The SMILES string of the molecule is CCCOc1ccc(N)c(F)c1. The molecule has 0 heterocycles. The first-order chi connectivity index (χ1) is 5.74. The van der Waals surface area contributed by atoms with Crippen LogP contribution in [0.2, 0.25) is 0 Å². The largest absolute Gasteiger partial charge is 0.493 e. The first-order valence-corrected chi connectivity index (χ1v) is 3.92. The van der Waals surface area contributed by atoms with E-state index < -0.39 is 5.82 Å². The molecule has 0 aliphatic rings. The van der Waals surface area contributed by atoms with Crippen molar-refractivity contribution < 1.29 is 9.13 Å². The average molecular weight is 169 g/mol. The topological polar surface area (TPSA) is 35.2 Å². The Labute approximate surface area is 71.1 Å². The van der Waals surface area contributed by atoms with Crippen molar-refractivity contribution in [2.45, 2.75) is 13.3 Å². The van der Waals surface area contributed by atoms with E-state index in [-0.39, 0.29) is 5.69 Å². The van der Waals surface area contributed by atoms with Gasteiger partial charge in [0.1, 0.15) is 11.6 Å². The Morgan fingerprint density at radius 2 is 2.25 bits per heavy atom. The minimum absolute atomic E-state index is 0.152. The predicted octanol–water partition coefficient (Wildman–Crippen LogP) is 2.20. The zero-order valence-electron chi connectivity index (χ0n) is 7.01. The smallest absolute Gasteiger partial charge is 0.149 e. The highest BCUT2D eigenvalue weighted by Crippen LogP contribution is 2.17. The van der Waals surface area contributed by atoms with Gasteiger partial charge in [-0.25, -0.2) is 4.39 Å². The lowest BCUT2D eigenvalue weighted by Gasteiger charge is -2.04. The molecule has 0 atom stereocenters. The van der Waals surface area contributed by atoms with Crippen LogP contribution in [0, 0.1) is 5.82 Å². The predicted molar refractivity (Wildman–Crippen MR) is 46.6 cm³/mol. The van der Waals surface area contributed by atoms with E-state index in [2.05, 4.69) is 0 Å². The summed E-state index contributed by atoms with van der Waals surface area (Å²) in [5, 5.41) is 0. The first-order valence-electron chi connectivity index (χ1n) is 3.92. The van der Waals surface area contributed by atoms with Crippen LogP contribution in [0.15, 0.2) is 18.2 Å². The summed E-state index contributed by atoms with van der Waals surface area (Å²) in [6.45, 7) is 2.59. The molecule has 1 aromatic carbocycles. The molecule has 0 aromatic heterocycles. The molecule has 0 saturated heterocycles. The van der Waals surface area contributed by atoms with Crippen molar-refractivity contribution in [3.63, 3.8) is 0 Å². The van der Waals surface area contributed by atoms with Gasteiger partial charge in [0.05, 0.1) is 12.3 Å². The van der Waals surface area contributed by atoms with E-state index >= 15 is 0 Å². The molecule has 0 bridgehead atoms. The standard InChI is InChI=1S/C9H12FNO/c1-2-5-12-7-3-4-9(11)8(10)6-7/h3-4,6H,2,5,11H2,1H3. The molecule has 0 radical (unpaired) electrons. The summed E-state index contributed by atoms with van der Waals surface area (Å²) in [5.41, 5.74) is 5.44. The van der Waals surface area contributed by atoms with Crippen molar-refractivity contribution in [1.29, 1.82) is 0 Å². The molecule has 0 aliphatic heterocycles. The molecule has 2 nitrogen and oxygen atoms in total. The summed E-state index contributed by atoms with van der Waals surface area (Å²) in [4.78, 5) is 0. The number of anilines is 1. The van der Waals surface area contributed by atoms with Gasteiger partial charge in [0.15, 0.2) is 0 Å². The summed E-state index contributed by atoms with van der Waals surface area (Å²) in [6, 6.07) is 4.46. The normalized spacial score (nSPS) is 9.83. The Bertz CT molecular complexity index is 263. The van der Waals surface area contributed by atoms with Gasteiger partial charge in [-0.1, -0.05) is 6.92 Å². The summed E-state index contributed by atoms with van der Waals surface area (Å²) < 4.78 is 18.0. The molecule has 2 N–H and O–H groups in total. The number of ether oxygens (including phenoxy) is 1. The number of hydrogen-bond acceptors (Lipinski definition) is 2. The number of nitrogens with two attached hydrogens (primary N) is 1. The maximum absolute atomic E-state index is 12.8. The number of hydrogen-bond donors (Lipinski definition) is 1. The molecule has 0 unspecified atom stereocenters. The van der Waals surface area contributed by atoms with Gasteiger partial charge in [-0.2, -0.15) is 0 Å². The second kappa shape index (κ2) is 3.95. The molecular weight excluding hydrogens is 157 g/mol. The van der Waals surface area contributed by atoms with E-state index in [0.717, 1.165) is 6.42 Å². The lowest BCUT2D eigenvalue weighted by atomic mass is 10.3. The Kier molecular flexibility index (Phi) is 2.91. The Balaban J connectivity index is 2.69. The third kappa shape index (κ3) is 2.12. The van der Waals surface area contributed by atoms with Gasteiger partial charge in [-0.15, -0.1) is 0 Å². The third-order valence-electron chi connectivity index (χ3n) is 1.44. The number of halogens is 1. The fourth-order valence-electron chi connectivity index (χ4n) is 0.818. The monoisotopic (exact) mass is 169 g/mol. The lowest BCUT2D eigenvalue weighted by Crippen LogP contribution is -1.96. The van der Waals surface area contributed by atoms with Crippen LogP contribution in [0.4, 0.5) is 10.1 Å². The minimum atomic E-state index is -0.427. The molecule has 0 saturated carbocycles. The van der Waals surface area contributed by atoms with Gasteiger partial charge in [0.25, 0.3) is 0 Å². The van der Waals surface area contributed by atoms with E-state index in [4.69, 9.17) is 10.5 Å². The van der Waals surface area contributed by atoms with E-state index in [9.17, 15) is 4.39 Å². The summed E-state index contributed by atoms with van der Waals surface area (Å²) in [6.07, 6.45) is 0.909. The highest BCUT2D eigenvalue weighted by molar-refractivity contribution is 5.43. The number of rotatable bonds is 3. The van der Waals surface area contributed by atoms with E-state index in [1.165, 1.54) is 12.1 Å². The summed E-state index contributed by atoms with van der Waals surface area (Å²) >= 11 is 0. The van der Waals surface area contributed by atoms with Crippen molar-refractivity contribution in [3.8, 4) is 5.75 Å². The van der Waals surface area contributed by atoms with Crippen molar-refractivity contribution >= 4 is 5.69 Å². The maximum atomic E-state index is 12.8. The average Bonchev–Trinajstić information content (AvgIpc) is 2.07. The van der Waals surface area contributed by atoms with Crippen molar-refractivity contribution in [2.24, 2.45) is 0 Å². The first kappa shape index (κ1) is 8.84. The van der Waals surface area contributed by atoms with Crippen molar-refractivity contribution in [3.05, 3.63) is 24.0 Å². The Morgan fingerprint density at radius 1 is 1.50 bits per heavy atom. The molecule has 0 amide bonds. The Hall–Kier alpha value is -1.25. The number of benzene rings is 1. The lowest BCUT2D eigenvalue weighted by molar-refractivity contribution is 0.316. The molecule has 1 rings (SSSR count). The fraction of sp³-hybridized carbons (Fsp3) is 0.333. The van der Waals surface area contributed by atoms with Crippen LogP contribution in [-0.4, -0.2) is 6.61 Å². The van der Waals surface area contributed by atoms with Crippen LogP contribution in [0.3, 0.4) is 0 Å². The van der Waals surface area contributed by atoms with E-state index in [1.54, 1.807) is 6.07 Å². The van der Waals surface area contributed by atoms with Gasteiger partial charge in [0, 0.05) is 6.07 Å². The molecule has 0 spiro atoms. The highest BCUT2D eigenvalue weighted by atomic mass is 19.1. The Morgan fingerprint density at radius 3 is 2.83 bits per heavy atom. The van der Waals surface area contributed by atoms with E-state index in [0.29, 0.717) is 12.4 Å². The third-order valence-corrected chi connectivity index (χ3v) is 1.44. The van der Waals surface area contributed by atoms with Gasteiger partial charge >= 0.3 is 0 Å². The van der Waals surface area contributed by atoms with Crippen LogP contribution in [0.1, 0.15) is 13.3 Å². The van der Waals surface area contributed by atoms with Crippen molar-refractivity contribution in [1.82, 2.24) is 0 Å². The van der Waals surface area contributed by atoms with Crippen LogP contribution in [-0.2, 0) is 0 Å². The maximum Gasteiger partial charge on any atom is 0.149 e. The van der Waals surface area contributed by atoms with E-state index in [1.807, 2.05) is 6.92 Å². The molecule has 12 heavy (non-hydrogen) atoms. The molecule has 0 fully saturated rings. The van der Waals surface area contributed by atoms with Gasteiger partial charge < -0.3 is 10.5 Å². The molecule has 3 heteroatoms. The molecule has 1 aromatic rings. The van der Waals surface area contributed by atoms with Crippen molar-refractivity contribution in [2.75, 3.05) is 12.3 Å². The molecule has 0 aliphatic carbocycles. The summed E-state index contributed by atoms with van der Waals surface area (Å²) in [7, 11) is 0. The molecule has 66 valence electrons. The zero-order valence-corrected chi connectivity index (χ0v) is 7.01. The fourth-order valence-corrected chi connectivity index (χ4v) is 0.818. The second-order valence-electron chi connectivity index (χ2n) is 2.53. The van der Waals surface area contributed by atoms with Gasteiger partial charge in [0.2, 0.25) is 0 Å².